The Morgan fingerprint density at radius 3 is 2.60 bits per heavy atom. The smallest absolute Gasteiger partial charge is 0.220 e. The van der Waals surface area contributed by atoms with E-state index >= 15 is 0 Å². The second-order valence-electron chi connectivity index (χ2n) is 7.59. The van der Waals surface area contributed by atoms with Crippen LogP contribution in [0.15, 0.2) is 48.5 Å². The fraction of sp³-hybridized carbons (Fsp3) is 0.333. The molecule has 0 radical (unpaired) electrons. The fourth-order valence-corrected chi connectivity index (χ4v) is 3.82. The van der Waals surface area contributed by atoms with Gasteiger partial charge in [-0.3, -0.25) is 4.79 Å². The second-order valence-corrected chi connectivity index (χ2v) is 7.59. The van der Waals surface area contributed by atoms with E-state index in [0.29, 0.717) is 26.1 Å². The molecule has 0 fully saturated rings. The van der Waals surface area contributed by atoms with Crippen LogP contribution in [0.25, 0.3) is 5.69 Å². The number of hydrogen-bond donors (Lipinski definition) is 1. The number of ether oxygens (including phenoxy) is 2. The third-order valence-electron chi connectivity index (χ3n) is 5.49. The van der Waals surface area contributed by atoms with Crippen LogP contribution in [-0.2, 0) is 11.2 Å². The number of fused-ring (bicyclic) bond motifs is 1. The molecule has 2 heterocycles. The molecule has 1 aliphatic rings. The van der Waals surface area contributed by atoms with Gasteiger partial charge < -0.3 is 14.8 Å². The molecule has 1 atom stereocenters. The van der Waals surface area contributed by atoms with Gasteiger partial charge in [-0.05, 0) is 62.6 Å². The standard InChI is InChI=1S/C24H27N3O3/c1-16(19-9-11-22-23(15-19)30-14-13-29-22)25-24(28)12-10-21-17(2)26-27(18(21)3)20-7-5-4-6-8-20/h4-9,11,15-16H,10,12-14H2,1-3H3,(H,25,28)/t16-/m1/s1. The Labute approximate surface area is 176 Å². The summed E-state index contributed by atoms with van der Waals surface area (Å²) in [5.74, 6) is 1.51. The minimum Gasteiger partial charge on any atom is -0.486 e. The van der Waals surface area contributed by atoms with Gasteiger partial charge in [-0.1, -0.05) is 24.3 Å². The van der Waals surface area contributed by atoms with Crippen LogP contribution in [0.3, 0.4) is 0 Å². The van der Waals surface area contributed by atoms with Crippen molar-refractivity contribution in [1.29, 1.82) is 0 Å². The molecule has 6 heteroatoms. The zero-order valence-corrected chi connectivity index (χ0v) is 17.6. The topological polar surface area (TPSA) is 65.4 Å². The number of benzene rings is 2. The van der Waals surface area contributed by atoms with Crippen molar-refractivity contribution in [2.45, 2.75) is 39.7 Å². The largest absolute Gasteiger partial charge is 0.486 e. The molecule has 1 N–H and O–H groups in total. The third kappa shape index (κ3) is 4.17. The van der Waals surface area contributed by atoms with Gasteiger partial charge in [-0.2, -0.15) is 5.10 Å². The van der Waals surface area contributed by atoms with E-state index < -0.39 is 0 Å². The predicted molar refractivity (Wildman–Crippen MR) is 115 cm³/mol. The lowest BCUT2D eigenvalue weighted by Gasteiger charge is -2.21. The highest BCUT2D eigenvalue weighted by molar-refractivity contribution is 5.76. The van der Waals surface area contributed by atoms with Gasteiger partial charge in [0.1, 0.15) is 13.2 Å². The summed E-state index contributed by atoms with van der Waals surface area (Å²) in [7, 11) is 0. The SMILES string of the molecule is Cc1nn(-c2ccccc2)c(C)c1CCC(=O)N[C@H](C)c1ccc2c(c1)OCCO2. The zero-order valence-electron chi connectivity index (χ0n) is 17.6. The van der Waals surface area contributed by atoms with Crippen LogP contribution >= 0.6 is 0 Å². The molecule has 1 amide bonds. The molecule has 4 rings (SSSR count). The first-order valence-corrected chi connectivity index (χ1v) is 10.3. The highest BCUT2D eigenvalue weighted by Gasteiger charge is 2.17. The Kier molecular flexibility index (Phi) is 5.74. The molecule has 30 heavy (non-hydrogen) atoms. The fourth-order valence-electron chi connectivity index (χ4n) is 3.82. The summed E-state index contributed by atoms with van der Waals surface area (Å²) in [4.78, 5) is 12.6. The maximum Gasteiger partial charge on any atom is 0.220 e. The molecule has 0 unspecified atom stereocenters. The number of aryl methyl sites for hydroxylation is 1. The number of para-hydroxylation sites is 1. The summed E-state index contributed by atoms with van der Waals surface area (Å²) < 4.78 is 13.2. The quantitative estimate of drug-likeness (QED) is 0.671. The molecular formula is C24H27N3O3. The average Bonchev–Trinajstić information content (AvgIpc) is 3.05. The van der Waals surface area contributed by atoms with Crippen molar-refractivity contribution < 1.29 is 14.3 Å². The van der Waals surface area contributed by atoms with Crippen LogP contribution < -0.4 is 14.8 Å². The van der Waals surface area contributed by atoms with Crippen LogP contribution in [0.1, 0.15) is 41.9 Å². The summed E-state index contributed by atoms with van der Waals surface area (Å²) >= 11 is 0. The Morgan fingerprint density at radius 2 is 1.83 bits per heavy atom. The lowest BCUT2D eigenvalue weighted by molar-refractivity contribution is -0.121. The molecule has 0 saturated carbocycles. The summed E-state index contributed by atoms with van der Waals surface area (Å²) in [6.45, 7) is 7.15. The van der Waals surface area contributed by atoms with Crippen molar-refractivity contribution in [1.82, 2.24) is 15.1 Å². The molecule has 1 aromatic heterocycles. The second kappa shape index (κ2) is 8.61. The van der Waals surface area contributed by atoms with E-state index in [1.165, 1.54) is 0 Å². The molecule has 0 aliphatic carbocycles. The predicted octanol–water partition coefficient (Wildman–Crippen LogP) is 4.07. The van der Waals surface area contributed by atoms with E-state index in [9.17, 15) is 4.79 Å². The van der Waals surface area contributed by atoms with Crippen molar-refractivity contribution in [2.24, 2.45) is 0 Å². The van der Waals surface area contributed by atoms with Gasteiger partial charge in [0.2, 0.25) is 5.91 Å². The third-order valence-corrected chi connectivity index (χ3v) is 5.49. The van der Waals surface area contributed by atoms with Crippen molar-refractivity contribution in [3.8, 4) is 17.2 Å². The van der Waals surface area contributed by atoms with Crippen LogP contribution in [0.5, 0.6) is 11.5 Å². The summed E-state index contributed by atoms with van der Waals surface area (Å²) in [5.41, 5.74) is 5.19. The van der Waals surface area contributed by atoms with Gasteiger partial charge in [-0.25, -0.2) is 4.68 Å². The van der Waals surface area contributed by atoms with Crippen LogP contribution in [0.4, 0.5) is 0 Å². The Bertz CT molecular complexity index is 1040. The number of nitrogens with one attached hydrogen (secondary N) is 1. The van der Waals surface area contributed by atoms with E-state index in [1.54, 1.807) is 0 Å². The van der Waals surface area contributed by atoms with Crippen molar-refractivity contribution in [3.05, 3.63) is 71.0 Å². The molecule has 0 spiro atoms. The Morgan fingerprint density at radius 1 is 1.10 bits per heavy atom. The first-order chi connectivity index (χ1) is 14.5. The molecule has 0 saturated heterocycles. The molecule has 3 aromatic rings. The maximum atomic E-state index is 12.6. The molecule has 6 nitrogen and oxygen atoms in total. The highest BCUT2D eigenvalue weighted by atomic mass is 16.6. The van der Waals surface area contributed by atoms with Crippen LogP contribution in [0.2, 0.25) is 0 Å². The lowest BCUT2D eigenvalue weighted by Crippen LogP contribution is -2.27. The Hall–Kier alpha value is -3.28. The monoisotopic (exact) mass is 405 g/mol. The summed E-state index contributed by atoms with van der Waals surface area (Å²) in [6, 6.07) is 15.8. The minimum atomic E-state index is -0.109. The number of aromatic nitrogens is 2. The van der Waals surface area contributed by atoms with E-state index in [4.69, 9.17) is 9.47 Å². The van der Waals surface area contributed by atoms with Gasteiger partial charge in [0.25, 0.3) is 0 Å². The maximum absolute atomic E-state index is 12.6. The van der Waals surface area contributed by atoms with E-state index in [2.05, 4.69) is 17.3 Å². The number of rotatable bonds is 6. The highest BCUT2D eigenvalue weighted by Crippen LogP contribution is 2.32. The first-order valence-electron chi connectivity index (χ1n) is 10.3. The van der Waals surface area contributed by atoms with E-state index in [-0.39, 0.29) is 11.9 Å². The van der Waals surface area contributed by atoms with E-state index in [1.807, 2.05) is 67.1 Å². The zero-order chi connectivity index (χ0) is 21.1. The minimum absolute atomic E-state index is 0.0173. The van der Waals surface area contributed by atoms with Crippen molar-refractivity contribution >= 4 is 5.91 Å². The van der Waals surface area contributed by atoms with Gasteiger partial charge in [0.15, 0.2) is 11.5 Å². The number of carbonyl (C=O) groups excluding carboxylic acids is 1. The van der Waals surface area contributed by atoms with E-state index in [0.717, 1.165) is 39.7 Å². The van der Waals surface area contributed by atoms with Crippen molar-refractivity contribution in [3.63, 3.8) is 0 Å². The lowest BCUT2D eigenvalue weighted by atomic mass is 10.1. The Balaban J connectivity index is 1.39. The molecule has 156 valence electrons. The van der Waals surface area contributed by atoms with Gasteiger partial charge in [0, 0.05) is 12.1 Å². The number of carbonyl (C=O) groups is 1. The van der Waals surface area contributed by atoms with Gasteiger partial charge >= 0.3 is 0 Å². The molecular weight excluding hydrogens is 378 g/mol. The average molecular weight is 405 g/mol. The van der Waals surface area contributed by atoms with Gasteiger partial charge in [-0.15, -0.1) is 0 Å². The number of amides is 1. The molecule has 1 aliphatic heterocycles. The normalized spacial score (nSPS) is 13.7. The summed E-state index contributed by atoms with van der Waals surface area (Å²) in [6.07, 6.45) is 1.07. The summed E-state index contributed by atoms with van der Waals surface area (Å²) in [5, 5.41) is 7.76. The van der Waals surface area contributed by atoms with Gasteiger partial charge in [0.05, 0.1) is 17.4 Å². The molecule has 0 bridgehead atoms. The van der Waals surface area contributed by atoms with Crippen molar-refractivity contribution in [2.75, 3.05) is 13.2 Å². The van der Waals surface area contributed by atoms with Crippen LogP contribution in [-0.4, -0.2) is 28.9 Å². The molecule has 2 aromatic carbocycles. The first kappa shape index (κ1) is 20.0. The number of hydrogen-bond acceptors (Lipinski definition) is 4. The number of nitrogens with zero attached hydrogens (tertiary/aromatic N) is 2. The van der Waals surface area contributed by atoms with Crippen LogP contribution in [0, 0.1) is 13.8 Å².